The zero-order chi connectivity index (χ0) is 22.0. The summed E-state index contributed by atoms with van der Waals surface area (Å²) in [6.07, 6.45) is 1.47. The van der Waals surface area contributed by atoms with Crippen molar-refractivity contribution < 1.29 is 31.4 Å². The van der Waals surface area contributed by atoms with Crippen LogP contribution in [0.15, 0.2) is 29.2 Å². The Hall–Kier alpha value is -1.33. The van der Waals surface area contributed by atoms with Gasteiger partial charge in [0.15, 0.2) is 0 Å². The second-order valence-electron chi connectivity index (χ2n) is 8.46. The highest BCUT2D eigenvalue weighted by molar-refractivity contribution is 7.89. The van der Waals surface area contributed by atoms with Crippen molar-refractivity contribution in [3.05, 3.63) is 24.3 Å². The second-order valence-corrected chi connectivity index (χ2v) is 10.4. The van der Waals surface area contributed by atoms with E-state index in [2.05, 4.69) is 9.64 Å². The van der Waals surface area contributed by atoms with E-state index in [1.807, 2.05) is 13.8 Å². The number of sulfonamides is 1. The molecule has 0 amide bonds. The molecule has 7 nitrogen and oxygen atoms in total. The van der Waals surface area contributed by atoms with Crippen molar-refractivity contribution in [2.45, 2.75) is 49.4 Å². The molecule has 2 aliphatic rings. The summed E-state index contributed by atoms with van der Waals surface area (Å²) in [6.45, 7) is 4.42. The Labute approximate surface area is 176 Å². The van der Waals surface area contributed by atoms with E-state index in [-0.39, 0.29) is 29.3 Å². The molecule has 0 unspecified atom stereocenters. The zero-order valence-electron chi connectivity index (χ0n) is 17.6. The number of likely N-dealkylation sites (tertiary alicyclic amines) is 1. The average Bonchev–Trinajstić information content (AvgIpc) is 2.70. The molecule has 30 heavy (non-hydrogen) atoms. The van der Waals surface area contributed by atoms with Crippen LogP contribution in [-0.4, -0.2) is 81.9 Å². The van der Waals surface area contributed by atoms with Crippen LogP contribution in [-0.2, 0) is 19.5 Å². The summed E-state index contributed by atoms with van der Waals surface area (Å²) in [6, 6.07) is 5.08. The molecule has 1 aromatic carbocycles. The van der Waals surface area contributed by atoms with E-state index in [1.165, 1.54) is 28.6 Å². The molecule has 2 fully saturated rings. The van der Waals surface area contributed by atoms with Gasteiger partial charge in [-0.05, 0) is 51.0 Å². The molecule has 1 spiro atoms. The number of methoxy groups -OCH3 is 1. The molecule has 0 atom stereocenters. The quantitative estimate of drug-likeness (QED) is 0.639. The van der Waals surface area contributed by atoms with Gasteiger partial charge in [0.05, 0.1) is 22.7 Å². The molecule has 2 aliphatic heterocycles. The van der Waals surface area contributed by atoms with E-state index >= 15 is 0 Å². The van der Waals surface area contributed by atoms with Crippen LogP contribution in [0.3, 0.4) is 0 Å². The van der Waals surface area contributed by atoms with Crippen molar-refractivity contribution in [2.24, 2.45) is 0 Å². The lowest BCUT2D eigenvalue weighted by atomic mass is 9.89. The highest BCUT2D eigenvalue weighted by Crippen LogP contribution is 2.33. The van der Waals surface area contributed by atoms with Crippen molar-refractivity contribution >= 4 is 10.0 Å². The lowest BCUT2D eigenvalue weighted by Crippen LogP contribution is -2.58. The summed E-state index contributed by atoms with van der Waals surface area (Å²) in [5.74, 6) is -0.0752. The molecule has 3 rings (SSSR count). The van der Waals surface area contributed by atoms with Crippen LogP contribution in [0.2, 0.25) is 0 Å². The van der Waals surface area contributed by atoms with E-state index < -0.39 is 22.2 Å². The van der Waals surface area contributed by atoms with Crippen molar-refractivity contribution in [1.82, 2.24) is 9.21 Å². The van der Waals surface area contributed by atoms with Gasteiger partial charge < -0.3 is 19.1 Å². The van der Waals surface area contributed by atoms with Crippen molar-refractivity contribution in [2.75, 3.05) is 46.4 Å². The maximum atomic E-state index is 13.1. The third kappa shape index (κ3) is 5.47. The van der Waals surface area contributed by atoms with Crippen LogP contribution in [0.5, 0.6) is 5.75 Å². The van der Waals surface area contributed by atoms with Gasteiger partial charge in [-0.25, -0.2) is 8.42 Å². The lowest BCUT2D eigenvalue weighted by Gasteiger charge is -2.47. The van der Waals surface area contributed by atoms with Crippen LogP contribution >= 0.6 is 0 Å². The minimum atomic E-state index is -3.75. The van der Waals surface area contributed by atoms with E-state index in [0.29, 0.717) is 6.61 Å². The fourth-order valence-electron chi connectivity index (χ4n) is 3.98. The maximum absolute atomic E-state index is 13.1. The fourth-order valence-corrected chi connectivity index (χ4v) is 5.48. The number of benzene rings is 1. The molecule has 0 N–H and O–H groups in total. The number of morpholine rings is 1. The number of nitrogens with zero attached hydrogens (tertiary/aromatic N) is 2. The van der Waals surface area contributed by atoms with Gasteiger partial charge in [0.25, 0.3) is 0 Å². The largest absolute Gasteiger partial charge is 0.435 e. The fraction of sp³-hybridized carbons (Fsp3) is 0.700. The summed E-state index contributed by atoms with van der Waals surface area (Å²) >= 11 is 0. The van der Waals surface area contributed by atoms with E-state index in [0.717, 1.165) is 32.5 Å². The molecule has 0 aromatic heterocycles. The lowest BCUT2D eigenvalue weighted by molar-refractivity contribution is -0.125. The van der Waals surface area contributed by atoms with Gasteiger partial charge in [0.2, 0.25) is 10.0 Å². The highest BCUT2D eigenvalue weighted by Gasteiger charge is 2.43. The summed E-state index contributed by atoms with van der Waals surface area (Å²) in [4.78, 5) is 2.37. The Kier molecular flexibility index (Phi) is 7.03. The Morgan fingerprint density at radius 2 is 1.80 bits per heavy atom. The number of hydrogen-bond donors (Lipinski definition) is 0. The zero-order valence-corrected chi connectivity index (χ0v) is 18.5. The Balaban J connectivity index is 1.65. The van der Waals surface area contributed by atoms with Gasteiger partial charge in [-0.1, -0.05) is 0 Å². The molecule has 1 aromatic rings. The molecule has 2 heterocycles. The summed E-state index contributed by atoms with van der Waals surface area (Å²) in [7, 11) is -2.05. The van der Waals surface area contributed by atoms with E-state index in [1.54, 1.807) is 7.11 Å². The smallest absolute Gasteiger partial charge is 0.387 e. The SMILES string of the molecule is COC(C)(C)CN1CCC2(CC1)CN(S(=O)(=O)c1ccc(OC(F)F)cc1)CCO2. The minimum Gasteiger partial charge on any atom is -0.435 e. The van der Waals surface area contributed by atoms with Gasteiger partial charge >= 0.3 is 6.61 Å². The monoisotopic (exact) mass is 448 g/mol. The summed E-state index contributed by atoms with van der Waals surface area (Å²) < 4.78 is 68.1. The van der Waals surface area contributed by atoms with Crippen LogP contribution < -0.4 is 4.74 Å². The molecule has 2 saturated heterocycles. The topological polar surface area (TPSA) is 68.3 Å². The summed E-state index contributed by atoms with van der Waals surface area (Å²) in [5, 5.41) is 0. The van der Waals surface area contributed by atoms with Crippen molar-refractivity contribution in [3.63, 3.8) is 0 Å². The van der Waals surface area contributed by atoms with Gasteiger partial charge in [-0.15, -0.1) is 0 Å². The molecular weight excluding hydrogens is 418 g/mol. The highest BCUT2D eigenvalue weighted by atomic mass is 32.2. The third-order valence-corrected chi connectivity index (χ3v) is 7.68. The van der Waals surface area contributed by atoms with Gasteiger partial charge in [-0.3, -0.25) is 0 Å². The first-order chi connectivity index (χ1) is 14.1. The maximum Gasteiger partial charge on any atom is 0.387 e. The van der Waals surface area contributed by atoms with Gasteiger partial charge in [-0.2, -0.15) is 13.1 Å². The summed E-state index contributed by atoms with van der Waals surface area (Å²) in [5.41, 5.74) is -0.745. The van der Waals surface area contributed by atoms with Gasteiger partial charge in [0.1, 0.15) is 5.75 Å². The molecule has 0 aliphatic carbocycles. The van der Waals surface area contributed by atoms with Crippen LogP contribution in [0.25, 0.3) is 0 Å². The molecular formula is C20H30F2N2O5S. The second kappa shape index (κ2) is 9.04. The minimum absolute atomic E-state index is 0.0560. The Morgan fingerprint density at radius 3 is 2.37 bits per heavy atom. The Bertz CT molecular complexity index is 809. The molecule has 0 saturated carbocycles. The number of rotatable bonds is 7. The van der Waals surface area contributed by atoms with E-state index in [4.69, 9.17) is 9.47 Å². The predicted octanol–water partition coefficient (Wildman–Crippen LogP) is 2.57. The first-order valence-corrected chi connectivity index (χ1v) is 11.5. The van der Waals surface area contributed by atoms with Crippen molar-refractivity contribution in [3.8, 4) is 5.75 Å². The predicted molar refractivity (Wildman–Crippen MR) is 107 cm³/mol. The van der Waals surface area contributed by atoms with Crippen LogP contribution in [0, 0.1) is 0 Å². The molecule has 0 bridgehead atoms. The molecule has 170 valence electrons. The normalized spacial score (nSPS) is 21.3. The van der Waals surface area contributed by atoms with E-state index in [9.17, 15) is 17.2 Å². The average molecular weight is 449 g/mol. The van der Waals surface area contributed by atoms with Crippen molar-refractivity contribution in [1.29, 1.82) is 0 Å². The first kappa shape index (κ1) is 23.3. The number of piperidine rings is 1. The standard InChI is InChI=1S/C20H30F2N2O5S/c1-19(2,27-3)14-23-10-8-20(9-11-23)15-24(12-13-28-20)30(25,26)17-6-4-16(5-7-17)29-18(21)22/h4-7,18H,8-15H2,1-3H3. The van der Waals surface area contributed by atoms with Crippen LogP contribution in [0.4, 0.5) is 8.78 Å². The van der Waals surface area contributed by atoms with Gasteiger partial charge in [0, 0.05) is 39.8 Å². The molecule has 0 radical (unpaired) electrons. The number of halogens is 2. The number of alkyl halides is 2. The third-order valence-electron chi connectivity index (χ3n) is 5.82. The Morgan fingerprint density at radius 1 is 1.17 bits per heavy atom. The molecule has 10 heteroatoms. The number of ether oxygens (including phenoxy) is 3. The number of hydrogen-bond acceptors (Lipinski definition) is 6. The first-order valence-electron chi connectivity index (χ1n) is 10.0. The van der Waals surface area contributed by atoms with Crippen LogP contribution in [0.1, 0.15) is 26.7 Å².